The monoisotopic (exact) mass is 195 g/mol. The van der Waals surface area contributed by atoms with Crippen molar-refractivity contribution in [3.05, 3.63) is 23.0 Å². The molecule has 1 N–H and O–H groups in total. The van der Waals surface area contributed by atoms with Crippen LogP contribution in [0.5, 0.6) is 5.75 Å². The van der Waals surface area contributed by atoms with Gasteiger partial charge in [0.15, 0.2) is 6.29 Å². The molecular weight excluding hydrogens is 182 g/mol. The Kier molecular flexibility index (Phi) is 2.39. The third kappa shape index (κ3) is 1.36. The minimum absolute atomic E-state index is 0.193. The fourth-order valence-corrected chi connectivity index (χ4v) is 1.56. The van der Waals surface area contributed by atoms with Crippen LogP contribution < -0.4 is 0 Å². The molecule has 14 heavy (non-hydrogen) atoms. The van der Waals surface area contributed by atoms with Crippen LogP contribution in [-0.4, -0.2) is 16.7 Å². The molecule has 2 heterocycles. The molecule has 1 atom stereocenters. The van der Waals surface area contributed by atoms with E-state index in [0.29, 0.717) is 18.9 Å². The van der Waals surface area contributed by atoms with E-state index in [4.69, 9.17) is 9.47 Å². The maximum Gasteiger partial charge on any atom is 0.188 e. The van der Waals surface area contributed by atoms with Crippen molar-refractivity contribution in [3.8, 4) is 5.75 Å². The summed E-state index contributed by atoms with van der Waals surface area (Å²) in [6.45, 7) is 4.68. The van der Waals surface area contributed by atoms with E-state index in [0.717, 1.165) is 11.1 Å². The van der Waals surface area contributed by atoms with Gasteiger partial charge in [0, 0.05) is 18.4 Å². The van der Waals surface area contributed by atoms with Gasteiger partial charge in [0.25, 0.3) is 0 Å². The van der Waals surface area contributed by atoms with Crippen molar-refractivity contribution in [1.82, 2.24) is 4.98 Å². The van der Waals surface area contributed by atoms with E-state index in [-0.39, 0.29) is 5.75 Å². The van der Waals surface area contributed by atoms with Crippen LogP contribution in [0.15, 0.2) is 6.20 Å². The van der Waals surface area contributed by atoms with Crippen molar-refractivity contribution in [1.29, 1.82) is 0 Å². The second kappa shape index (κ2) is 3.55. The summed E-state index contributed by atoms with van der Waals surface area (Å²) in [6.07, 6.45) is 1.29. The first-order valence-electron chi connectivity index (χ1n) is 4.64. The van der Waals surface area contributed by atoms with Crippen molar-refractivity contribution < 1.29 is 14.6 Å². The molecule has 1 aromatic rings. The third-order valence-electron chi connectivity index (χ3n) is 2.30. The second-order valence-corrected chi connectivity index (χ2v) is 3.23. The van der Waals surface area contributed by atoms with Gasteiger partial charge in [-0.1, -0.05) is 0 Å². The summed E-state index contributed by atoms with van der Waals surface area (Å²) in [5, 5.41) is 9.79. The van der Waals surface area contributed by atoms with Crippen LogP contribution in [0, 0.1) is 6.92 Å². The average Bonchev–Trinajstić information content (AvgIpc) is 2.57. The minimum Gasteiger partial charge on any atom is -0.506 e. The lowest BCUT2D eigenvalue weighted by molar-refractivity contribution is -0.135. The molecule has 0 aliphatic carbocycles. The SMILES string of the molecule is CCOC1OCc2cnc(C)c(O)c21. The molecule has 0 amide bonds. The Morgan fingerprint density at radius 2 is 2.50 bits per heavy atom. The largest absolute Gasteiger partial charge is 0.506 e. The van der Waals surface area contributed by atoms with E-state index >= 15 is 0 Å². The van der Waals surface area contributed by atoms with Crippen LogP contribution >= 0.6 is 0 Å². The van der Waals surface area contributed by atoms with Crippen LogP contribution in [0.3, 0.4) is 0 Å². The quantitative estimate of drug-likeness (QED) is 0.779. The second-order valence-electron chi connectivity index (χ2n) is 3.23. The lowest BCUT2D eigenvalue weighted by Crippen LogP contribution is -2.02. The number of hydrogen-bond donors (Lipinski definition) is 1. The summed E-state index contributed by atoms with van der Waals surface area (Å²) in [5.41, 5.74) is 2.25. The van der Waals surface area contributed by atoms with Crippen LogP contribution in [0.25, 0.3) is 0 Å². The zero-order valence-corrected chi connectivity index (χ0v) is 8.28. The first-order chi connectivity index (χ1) is 6.74. The van der Waals surface area contributed by atoms with Gasteiger partial charge in [-0.15, -0.1) is 0 Å². The highest BCUT2D eigenvalue weighted by molar-refractivity contribution is 5.43. The normalized spacial score (nSPS) is 19.7. The summed E-state index contributed by atoms with van der Waals surface area (Å²) >= 11 is 0. The minimum atomic E-state index is -0.434. The Labute approximate surface area is 82.5 Å². The molecule has 76 valence electrons. The van der Waals surface area contributed by atoms with E-state index in [9.17, 15) is 5.11 Å². The number of fused-ring (bicyclic) bond motifs is 1. The Morgan fingerprint density at radius 3 is 3.21 bits per heavy atom. The molecule has 1 aromatic heterocycles. The fraction of sp³-hybridized carbons (Fsp3) is 0.500. The summed E-state index contributed by atoms with van der Waals surface area (Å²) in [6, 6.07) is 0. The molecule has 4 heteroatoms. The van der Waals surface area contributed by atoms with Gasteiger partial charge in [-0.2, -0.15) is 0 Å². The summed E-state index contributed by atoms with van der Waals surface area (Å²) in [7, 11) is 0. The number of hydrogen-bond acceptors (Lipinski definition) is 4. The molecule has 0 radical (unpaired) electrons. The van der Waals surface area contributed by atoms with E-state index < -0.39 is 6.29 Å². The molecular formula is C10H13NO3. The molecule has 1 aliphatic rings. The van der Waals surface area contributed by atoms with Crippen molar-refractivity contribution in [2.24, 2.45) is 0 Å². The molecule has 4 nitrogen and oxygen atoms in total. The molecule has 0 spiro atoms. The highest BCUT2D eigenvalue weighted by atomic mass is 16.7. The highest BCUT2D eigenvalue weighted by Gasteiger charge is 2.28. The fourth-order valence-electron chi connectivity index (χ4n) is 1.56. The number of aromatic hydroxyl groups is 1. The van der Waals surface area contributed by atoms with E-state index in [2.05, 4.69) is 4.98 Å². The first-order valence-corrected chi connectivity index (χ1v) is 4.64. The van der Waals surface area contributed by atoms with Gasteiger partial charge in [-0.25, -0.2) is 0 Å². The number of ether oxygens (including phenoxy) is 2. The molecule has 0 saturated heterocycles. The lowest BCUT2D eigenvalue weighted by Gasteiger charge is -2.12. The standard InChI is InChI=1S/C10H13NO3/c1-3-13-10-8-7(5-14-10)4-11-6(2)9(8)12/h4,10,12H,3,5H2,1-2H3. The highest BCUT2D eigenvalue weighted by Crippen LogP contribution is 2.38. The van der Waals surface area contributed by atoms with E-state index in [1.807, 2.05) is 6.92 Å². The maximum absolute atomic E-state index is 9.79. The molecule has 1 aliphatic heterocycles. The van der Waals surface area contributed by atoms with Gasteiger partial charge in [-0.3, -0.25) is 4.98 Å². The van der Waals surface area contributed by atoms with E-state index in [1.54, 1.807) is 13.1 Å². The Bertz CT molecular complexity index is 349. The van der Waals surface area contributed by atoms with E-state index in [1.165, 1.54) is 0 Å². The number of aromatic nitrogens is 1. The van der Waals surface area contributed by atoms with Crippen molar-refractivity contribution in [3.63, 3.8) is 0 Å². The predicted molar refractivity (Wildman–Crippen MR) is 49.8 cm³/mol. The smallest absolute Gasteiger partial charge is 0.188 e. The molecule has 1 unspecified atom stereocenters. The van der Waals surface area contributed by atoms with Crippen molar-refractivity contribution in [2.45, 2.75) is 26.7 Å². The Morgan fingerprint density at radius 1 is 1.71 bits per heavy atom. The third-order valence-corrected chi connectivity index (χ3v) is 2.30. The molecule has 2 rings (SSSR count). The van der Waals surface area contributed by atoms with Gasteiger partial charge in [0.2, 0.25) is 0 Å². The van der Waals surface area contributed by atoms with Gasteiger partial charge >= 0.3 is 0 Å². The number of pyridine rings is 1. The maximum atomic E-state index is 9.79. The number of nitrogens with zero attached hydrogens (tertiary/aromatic N) is 1. The van der Waals surface area contributed by atoms with Gasteiger partial charge in [0.05, 0.1) is 17.9 Å². The predicted octanol–water partition coefficient (Wildman–Crippen LogP) is 1.66. The molecule has 0 saturated carbocycles. The van der Waals surface area contributed by atoms with Crippen LogP contribution in [0.1, 0.15) is 30.0 Å². The summed E-state index contributed by atoms with van der Waals surface area (Å²) in [4.78, 5) is 4.06. The molecule has 0 bridgehead atoms. The van der Waals surface area contributed by atoms with Crippen LogP contribution in [0.4, 0.5) is 0 Å². The summed E-state index contributed by atoms with van der Waals surface area (Å²) < 4.78 is 10.7. The lowest BCUT2D eigenvalue weighted by atomic mass is 10.1. The molecule has 0 aromatic carbocycles. The number of rotatable bonds is 2. The zero-order valence-electron chi connectivity index (χ0n) is 8.28. The van der Waals surface area contributed by atoms with Gasteiger partial charge < -0.3 is 14.6 Å². The zero-order chi connectivity index (χ0) is 10.1. The summed E-state index contributed by atoms with van der Waals surface area (Å²) in [5.74, 6) is 0.193. The van der Waals surface area contributed by atoms with Crippen LogP contribution in [0.2, 0.25) is 0 Å². The number of aryl methyl sites for hydroxylation is 1. The van der Waals surface area contributed by atoms with Crippen LogP contribution in [-0.2, 0) is 16.1 Å². The molecule has 0 fully saturated rings. The first kappa shape index (κ1) is 9.43. The van der Waals surface area contributed by atoms with Crippen molar-refractivity contribution in [2.75, 3.05) is 6.61 Å². The Hall–Kier alpha value is -1.13. The topological polar surface area (TPSA) is 51.6 Å². The average molecular weight is 195 g/mol. The van der Waals surface area contributed by atoms with Gasteiger partial charge in [-0.05, 0) is 13.8 Å². The van der Waals surface area contributed by atoms with Crippen molar-refractivity contribution >= 4 is 0 Å². The van der Waals surface area contributed by atoms with Gasteiger partial charge in [0.1, 0.15) is 5.75 Å². The Balaban J connectivity index is 2.41.